The van der Waals surface area contributed by atoms with E-state index in [0.29, 0.717) is 6.54 Å². The summed E-state index contributed by atoms with van der Waals surface area (Å²) in [6, 6.07) is 14.2. The second-order valence-corrected chi connectivity index (χ2v) is 6.64. The first-order chi connectivity index (χ1) is 11.8. The van der Waals surface area contributed by atoms with Gasteiger partial charge in [-0.25, -0.2) is 0 Å². The van der Waals surface area contributed by atoms with E-state index in [4.69, 9.17) is 21.7 Å². The molecule has 0 atom stereocenters. The maximum Gasteiger partial charge on any atom is 0.203 e. The molecular formula is C18H21N4OS+. The van der Waals surface area contributed by atoms with E-state index in [1.165, 1.54) is 31.5 Å². The summed E-state index contributed by atoms with van der Waals surface area (Å²) >= 11 is 5.73. The van der Waals surface area contributed by atoms with Crippen molar-refractivity contribution in [1.29, 1.82) is 0 Å². The summed E-state index contributed by atoms with van der Waals surface area (Å²) in [6.07, 6.45) is 4.26. The van der Waals surface area contributed by atoms with E-state index in [9.17, 15) is 0 Å². The molecule has 1 N–H and O–H groups in total. The molecule has 1 aliphatic heterocycles. The van der Waals surface area contributed by atoms with Crippen molar-refractivity contribution in [2.24, 2.45) is 0 Å². The Morgan fingerprint density at radius 1 is 1.08 bits per heavy atom. The van der Waals surface area contributed by atoms with Crippen molar-refractivity contribution in [3.63, 3.8) is 0 Å². The number of rotatable bonds is 5. The molecule has 0 radical (unpaired) electrons. The Labute approximate surface area is 146 Å². The lowest BCUT2D eigenvalue weighted by Crippen LogP contribution is -3.09. The van der Waals surface area contributed by atoms with Crippen molar-refractivity contribution < 1.29 is 9.32 Å². The second-order valence-electron chi connectivity index (χ2n) is 6.27. The lowest BCUT2D eigenvalue weighted by Gasteiger charge is -2.11. The molecule has 3 aromatic rings. The summed E-state index contributed by atoms with van der Waals surface area (Å²) in [4.78, 5) is 1.54. The zero-order chi connectivity index (χ0) is 16.4. The van der Waals surface area contributed by atoms with Gasteiger partial charge in [-0.3, -0.25) is 4.57 Å². The molecular weight excluding hydrogens is 320 g/mol. The van der Waals surface area contributed by atoms with E-state index < -0.39 is 0 Å². The summed E-state index contributed by atoms with van der Waals surface area (Å²) in [5.74, 6) is 1.56. The smallest absolute Gasteiger partial charge is 0.203 e. The number of hydrogen-bond acceptors (Lipinski definition) is 3. The number of likely N-dealkylation sites (tertiary alicyclic amines) is 1. The van der Waals surface area contributed by atoms with Crippen molar-refractivity contribution in [3.8, 4) is 11.6 Å². The average molecular weight is 341 g/mol. The van der Waals surface area contributed by atoms with Crippen molar-refractivity contribution in [2.45, 2.75) is 26.1 Å². The minimum atomic E-state index is 0.699. The summed E-state index contributed by atoms with van der Waals surface area (Å²) in [7, 11) is 0. The van der Waals surface area contributed by atoms with Gasteiger partial charge >= 0.3 is 0 Å². The van der Waals surface area contributed by atoms with Crippen LogP contribution in [0.4, 0.5) is 0 Å². The Morgan fingerprint density at radius 3 is 2.58 bits per heavy atom. The van der Waals surface area contributed by atoms with Crippen LogP contribution < -0.4 is 4.90 Å². The topological polar surface area (TPSA) is 40.3 Å². The predicted octanol–water partition coefficient (Wildman–Crippen LogP) is 2.36. The molecule has 0 bridgehead atoms. The third kappa shape index (κ3) is 3.07. The van der Waals surface area contributed by atoms with Gasteiger partial charge in [0.15, 0.2) is 18.3 Å². The summed E-state index contributed by atoms with van der Waals surface area (Å²) < 4.78 is 10.4. The Morgan fingerprint density at radius 2 is 1.88 bits per heavy atom. The molecule has 1 aliphatic rings. The molecule has 0 spiro atoms. The van der Waals surface area contributed by atoms with Crippen molar-refractivity contribution in [1.82, 2.24) is 14.3 Å². The molecule has 4 rings (SSSR count). The van der Waals surface area contributed by atoms with Crippen LogP contribution in [0.15, 0.2) is 53.1 Å². The van der Waals surface area contributed by atoms with Crippen LogP contribution in [0.25, 0.3) is 11.6 Å². The Hall–Kier alpha value is -2.18. The molecule has 0 unspecified atom stereocenters. The van der Waals surface area contributed by atoms with Gasteiger partial charge in [0.1, 0.15) is 0 Å². The number of benzene rings is 1. The molecule has 3 heterocycles. The van der Waals surface area contributed by atoms with Gasteiger partial charge in [-0.2, -0.15) is 4.68 Å². The lowest BCUT2D eigenvalue weighted by atomic mass is 10.2. The number of nitrogens with zero attached hydrogens (tertiary/aromatic N) is 3. The molecule has 1 fully saturated rings. The van der Waals surface area contributed by atoms with Gasteiger partial charge in [0.25, 0.3) is 0 Å². The highest BCUT2D eigenvalue weighted by atomic mass is 32.1. The maximum absolute atomic E-state index is 5.73. The molecule has 0 amide bonds. The van der Waals surface area contributed by atoms with Crippen LogP contribution in [0.1, 0.15) is 18.4 Å². The molecule has 5 nitrogen and oxygen atoms in total. The zero-order valence-corrected chi connectivity index (χ0v) is 14.3. The zero-order valence-electron chi connectivity index (χ0n) is 13.5. The molecule has 0 saturated carbocycles. The van der Waals surface area contributed by atoms with Crippen LogP contribution >= 0.6 is 12.2 Å². The van der Waals surface area contributed by atoms with E-state index in [1.54, 1.807) is 11.2 Å². The monoisotopic (exact) mass is 341 g/mol. The van der Waals surface area contributed by atoms with Gasteiger partial charge < -0.3 is 9.32 Å². The van der Waals surface area contributed by atoms with E-state index >= 15 is 0 Å². The minimum absolute atomic E-state index is 0.699. The minimum Gasteiger partial charge on any atom is -0.461 e. The van der Waals surface area contributed by atoms with Crippen LogP contribution in [-0.2, 0) is 13.2 Å². The molecule has 24 heavy (non-hydrogen) atoms. The first-order valence-electron chi connectivity index (χ1n) is 8.40. The van der Waals surface area contributed by atoms with E-state index in [-0.39, 0.29) is 0 Å². The highest BCUT2D eigenvalue weighted by Crippen LogP contribution is 2.20. The van der Waals surface area contributed by atoms with Crippen LogP contribution in [0.3, 0.4) is 0 Å². The van der Waals surface area contributed by atoms with Gasteiger partial charge in [-0.15, -0.1) is 5.10 Å². The Balaban J connectivity index is 1.72. The summed E-state index contributed by atoms with van der Waals surface area (Å²) in [5.41, 5.74) is 1.20. The molecule has 124 valence electrons. The quantitative estimate of drug-likeness (QED) is 0.724. The third-order valence-electron chi connectivity index (χ3n) is 4.53. The number of hydrogen-bond donors (Lipinski definition) is 1. The highest BCUT2D eigenvalue weighted by Gasteiger charge is 2.20. The first kappa shape index (κ1) is 15.4. The first-order valence-corrected chi connectivity index (χ1v) is 8.81. The Kier molecular flexibility index (Phi) is 4.32. The summed E-state index contributed by atoms with van der Waals surface area (Å²) in [5, 5.41) is 4.77. The molecule has 6 heteroatoms. The molecule has 1 aromatic carbocycles. The largest absolute Gasteiger partial charge is 0.461 e. The second kappa shape index (κ2) is 6.75. The van der Waals surface area contributed by atoms with Gasteiger partial charge in [0.2, 0.25) is 4.77 Å². The number of aromatic nitrogens is 3. The maximum atomic E-state index is 5.73. The van der Waals surface area contributed by atoms with Crippen molar-refractivity contribution in [2.75, 3.05) is 13.1 Å². The van der Waals surface area contributed by atoms with E-state index in [2.05, 4.69) is 16.7 Å². The molecule has 0 aliphatic carbocycles. The number of furan rings is 1. The van der Waals surface area contributed by atoms with Crippen LogP contribution in [0, 0.1) is 4.77 Å². The molecule has 2 aromatic heterocycles. The van der Waals surface area contributed by atoms with Gasteiger partial charge in [0.05, 0.1) is 25.9 Å². The third-order valence-corrected chi connectivity index (χ3v) is 4.96. The normalized spacial score (nSPS) is 15.2. The highest BCUT2D eigenvalue weighted by molar-refractivity contribution is 7.71. The van der Waals surface area contributed by atoms with Crippen LogP contribution in [-0.4, -0.2) is 27.4 Å². The summed E-state index contributed by atoms with van der Waals surface area (Å²) in [6.45, 7) is 3.92. The predicted molar refractivity (Wildman–Crippen MR) is 94.2 cm³/mol. The van der Waals surface area contributed by atoms with Crippen molar-refractivity contribution >= 4 is 12.2 Å². The van der Waals surface area contributed by atoms with Gasteiger partial charge in [-0.1, -0.05) is 30.3 Å². The Bertz CT molecular complexity index is 845. The average Bonchev–Trinajstić information content (AvgIpc) is 3.34. The fourth-order valence-electron chi connectivity index (χ4n) is 3.29. The van der Waals surface area contributed by atoms with Crippen molar-refractivity contribution in [3.05, 3.63) is 59.1 Å². The van der Waals surface area contributed by atoms with Gasteiger partial charge in [-0.05, 0) is 29.9 Å². The fourth-order valence-corrected chi connectivity index (χ4v) is 3.54. The van der Waals surface area contributed by atoms with E-state index in [1.807, 2.05) is 35.0 Å². The standard InChI is InChI=1S/C18H20N4OS/c24-18-21(13-15-7-2-1-3-8-15)17(16-9-6-12-23-16)19-22(18)14-20-10-4-5-11-20/h1-3,6-9,12H,4-5,10-11,13-14H2/p+1. The van der Waals surface area contributed by atoms with E-state index in [0.717, 1.165) is 23.0 Å². The van der Waals surface area contributed by atoms with Crippen LogP contribution in [0.5, 0.6) is 0 Å². The fraction of sp³-hybridized carbons (Fsp3) is 0.333. The number of nitrogens with one attached hydrogen (secondary N) is 1. The lowest BCUT2D eigenvalue weighted by molar-refractivity contribution is -0.911. The number of quaternary nitrogens is 1. The van der Waals surface area contributed by atoms with Gasteiger partial charge in [0, 0.05) is 12.8 Å². The van der Waals surface area contributed by atoms with Crippen LogP contribution in [0.2, 0.25) is 0 Å². The SMILES string of the molecule is S=c1n(C[NH+]2CCCC2)nc(-c2ccco2)n1Cc1ccccc1. The molecule has 1 saturated heterocycles.